The van der Waals surface area contributed by atoms with Crippen LogP contribution in [0.1, 0.15) is 29.6 Å². The van der Waals surface area contributed by atoms with Gasteiger partial charge in [-0.1, -0.05) is 11.6 Å². The first kappa shape index (κ1) is 15.7. The van der Waals surface area contributed by atoms with Gasteiger partial charge in [0.2, 0.25) is 0 Å². The summed E-state index contributed by atoms with van der Waals surface area (Å²) < 4.78 is 48.4. The van der Waals surface area contributed by atoms with E-state index in [0.29, 0.717) is 0 Å². The van der Waals surface area contributed by atoms with E-state index in [0.717, 1.165) is 12.3 Å². The second-order valence-electron chi connectivity index (χ2n) is 3.82. The molecule has 1 amide bonds. The third-order valence-corrected chi connectivity index (χ3v) is 2.52. The zero-order valence-corrected chi connectivity index (χ0v) is 10.5. The molecule has 106 valence electrons. The van der Waals surface area contributed by atoms with Gasteiger partial charge in [0.15, 0.2) is 0 Å². The van der Waals surface area contributed by atoms with E-state index in [1.54, 1.807) is 0 Å². The number of hydrogen-bond acceptors (Lipinski definition) is 2. The summed E-state index contributed by atoms with van der Waals surface area (Å²) in [6, 6.07) is 0.917. The van der Waals surface area contributed by atoms with E-state index < -0.39 is 24.3 Å². The number of carbonyl (C=O) groups is 1. The van der Waals surface area contributed by atoms with E-state index in [1.807, 2.05) is 0 Å². The maximum Gasteiger partial charge on any atom is 0.389 e. The molecule has 0 aliphatic carbocycles. The van der Waals surface area contributed by atoms with Gasteiger partial charge in [-0.3, -0.25) is 4.79 Å². The quantitative estimate of drug-likeness (QED) is 0.515. The number of amides is 1. The third kappa shape index (κ3) is 5.87. The molecule has 0 spiro atoms. The average molecular weight is 299 g/mol. The van der Waals surface area contributed by atoms with E-state index in [1.165, 1.54) is 0 Å². The van der Waals surface area contributed by atoms with E-state index in [4.69, 9.17) is 11.6 Å². The standard InChI is InChI=1S/C11H11ClF4N2O/c12-9-8(5-7(13)6-18-9)10(19)17-4-2-1-3-11(14,15)16/h5-6H,1-4H2,(H,17,19). The lowest BCUT2D eigenvalue weighted by Crippen LogP contribution is -2.25. The Bertz CT molecular complexity index is 451. The van der Waals surface area contributed by atoms with Gasteiger partial charge < -0.3 is 5.32 Å². The number of carbonyl (C=O) groups excluding carboxylic acids is 1. The van der Waals surface area contributed by atoms with Gasteiger partial charge >= 0.3 is 6.18 Å². The molecule has 0 bridgehead atoms. The summed E-state index contributed by atoms with van der Waals surface area (Å²) in [5.41, 5.74) is -0.141. The van der Waals surface area contributed by atoms with Crippen LogP contribution >= 0.6 is 11.6 Å². The Labute approximate surface area is 112 Å². The van der Waals surface area contributed by atoms with E-state index in [-0.39, 0.29) is 30.1 Å². The fourth-order valence-corrected chi connectivity index (χ4v) is 1.52. The summed E-state index contributed by atoms with van der Waals surface area (Å²) in [5, 5.41) is 2.20. The summed E-state index contributed by atoms with van der Waals surface area (Å²) in [5.74, 6) is -1.38. The Kier molecular flexibility index (Phi) is 5.53. The zero-order chi connectivity index (χ0) is 14.5. The van der Waals surface area contributed by atoms with Crippen LogP contribution in [0.2, 0.25) is 5.15 Å². The first-order valence-corrected chi connectivity index (χ1v) is 5.83. The molecular weight excluding hydrogens is 288 g/mol. The summed E-state index contributed by atoms with van der Waals surface area (Å²) in [6.45, 7) is 0.0573. The lowest BCUT2D eigenvalue weighted by molar-refractivity contribution is -0.135. The minimum atomic E-state index is -4.19. The van der Waals surface area contributed by atoms with Crippen LogP contribution < -0.4 is 5.32 Å². The number of alkyl halides is 3. The van der Waals surface area contributed by atoms with Crippen molar-refractivity contribution < 1.29 is 22.4 Å². The van der Waals surface area contributed by atoms with Gasteiger partial charge in [-0.2, -0.15) is 13.2 Å². The van der Waals surface area contributed by atoms with Gasteiger partial charge in [0.25, 0.3) is 5.91 Å². The Morgan fingerprint density at radius 2 is 2.05 bits per heavy atom. The van der Waals surface area contributed by atoms with Crippen LogP contribution in [0.25, 0.3) is 0 Å². The fourth-order valence-electron chi connectivity index (χ4n) is 1.33. The molecular formula is C11H11ClF4N2O. The van der Waals surface area contributed by atoms with Crippen molar-refractivity contribution in [2.45, 2.75) is 25.4 Å². The molecule has 0 aliphatic rings. The SMILES string of the molecule is O=C(NCCCCC(F)(F)F)c1cc(F)cnc1Cl. The number of unbranched alkanes of at least 4 members (excludes halogenated alkanes) is 1. The number of hydrogen-bond donors (Lipinski definition) is 1. The number of pyridine rings is 1. The Morgan fingerprint density at radius 3 is 2.68 bits per heavy atom. The molecule has 0 unspecified atom stereocenters. The minimum absolute atomic E-state index is 0.0573. The van der Waals surface area contributed by atoms with Crippen LogP contribution in [0.15, 0.2) is 12.3 Å². The van der Waals surface area contributed by atoms with Crippen molar-refractivity contribution in [1.82, 2.24) is 10.3 Å². The van der Waals surface area contributed by atoms with Crippen molar-refractivity contribution in [1.29, 1.82) is 0 Å². The van der Waals surface area contributed by atoms with Crippen molar-refractivity contribution >= 4 is 17.5 Å². The number of nitrogens with zero attached hydrogens (tertiary/aromatic N) is 1. The summed E-state index contributed by atoms with van der Waals surface area (Å²) >= 11 is 5.60. The van der Waals surface area contributed by atoms with E-state index >= 15 is 0 Å². The number of nitrogens with one attached hydrogen (secondary N) is 1. The highest BCUT2D eigenvalue weighted by molar-refractivity contribution is 6.32. The predicted octanol–water partition coefficient (Wildman–Crippen LogP) is 3.34. The number of rotatable bonds is 5. The minimum Gasteiger partial charge on any atom is -0.352 e. The highest BCUT2D eigenvalue weighted by Gasteiger charge is 2.25. The van der Waals surface area contributed by atoms with Crippen LogP contribution in [-0.4, -0.2) is 23.6 Å². The van der Waals surface area contributed by atoms with Crippen LogP contribution in [-0.2, 0) is 0 Å². The normalized spacial score (nSPS) is 11.4. The van der Waals surface area contributed by atoms with Crippen molar-refractivity contribution in [3.8, 4) is 0 Å². The highest BCUT2D eigenvalue weighted by Crippen LogP contribution is 2.21. The molecule has 1 N–H and O–H groups in total. The molecule has 1 rings (SSSR count). The molecule has 8 heteroatoms. The molecule has 19 heavy (non-hydrogen) atoms. The second kappa shape index (κ2) is 6.70. The Hall–Kier alpha value is -1.37. The monoisotopic (exact) mass is 298 g/mol. The molecule has 0 aliphatic heterocycles. The zero-order valence-electron chi connectivity index (χ0n) is 9.73. The van der Waals surface area contributed by atoms with Crippen LogP contribution in [0.5, 0.6) is 0 Å². The van der Waals surface area contributed by atoms with Crippen molar-refractivity contribution in [2.24, 2.45) is 0 Å². The van der Waals surface area contributed by atoms with Gasteiger partial charge in [0.1, 0.15) is 11.0 Å². The molecule has 0 saturated carbocycles. The van der Waals surface area contributed by atoms with Crippen LogP contribution in [0.4, 0.5) is 17.6 Å². The van der Waals surface area contributed by atoms with Gasteiger partial charge in [-0.15, -0.1) is 0 Å². The molecule has 1 aromatic rings. The number of aromatic nitrogens is 1. The molecule has 0 fully saturated rings. The van der Waals surface area contributed by atoms with E-state index in [9.17, 15) is 22.4 Å². The maximum absolute atomic E-state index is 12.9. The predicted molar refractivity (Wildman–Crippen MR) is 61.4 cm³/mol. The first-order chi connectivity index (χ1) is 8.79. The molecule has 0 aromatic carbocycles. The lowest BCUT2D eigenvalue weighted by atomic mass is 10.2. The second-order valence-corrected chi connectivity index (χ2v) is 4.18. The smallest absolute Gasteiger partial charge is 0.352 e. The third-order valence-electron chi connectivity index (χ3n) is 2.22. The summed E-state index contributed by atoms with van der Waals surface area (Å²) in [4.78, 5) is 15.0. The maximum atomic E-state index is 12.9. The highest BCUT2D eigenvalue weighted by atomic mass is 35.5. The molecule has 0 radical (unpaired) electrons. The van der Waals surface area contributed by atoms with Crippen molar-refractivity contribution in [3.05, 3.63) is 28.8 Å². The fraction of sp³-hybridized carbons (Fsp3) is 0.455. The Morgan fingerprint density at radius 1 is 1.37 bits per heavy atom. The largest absolute Gasteiger partial charge is 0.389 e. The van der Waals surface area contributed by atoms with Gasteiger partial charge in [0, 0.05) is 13.0 Å². The van der Waals surface area contributed by atoms with E-state index in [2.05, 4.69) is 10.3 Å². The van der Waals surface area contributed by atoms with Crippen molar-refractivity contribution in [2.75, 3.05) is 6.54 Å². The molecule has 1 heterocycles. The molecule has 0 saturated heterocycles. The van der Waals surface area contributed by atoms with Crippen LogP contribution in [0, 0.1) is 5.82 Å². The lowest BCUT2D eigenvalue weighted by Gasteiger charge is -2.07. The first-order valence-electron chi connectivity index (χ1n) is 5.45. The number of halogens is 5. The topological polar surface area (TPSA) is 42.0 Å². The average Bonchev–Trinajstić information content (AvgIpc) is 2.30. The summed E-state index contributed by atoms with van der Waals surface area (Å²) in [6.07, 6.45) is -4.14. The summed E-state index contributed by atoms with van der Waals surface area (Å²) in [7, 11) is 0. The Balaban J connectivity index is 2.38. The molecule has 0 atom stereocenters. The van der Waals surface area contributed by atoms with Crippen LogP contribution in [0.3, 0.4) is 0 Å². The van der Waals surface area contributed by atoms with Crippen molar-refractivity contribution in [3.63, 3.8) is 0 Å². The molecule has 3 nitrogen and oxygen atoms in total. The van der Waals surface area contributed by atoms with Gasteiger partial charge in [0.05, 0.1) is 11.8 Å². The molecule has 1 aromatic heterocycles. The van der Waals surface area contributed by atoms with Gasteiger partial charge in [-0.25, -0.2) is 9.37 Å². The van der Waals surface area contributed by atoms with Gasteiger partial charge in [-0.05, 0) is 18.9 Å².